The van der Waals surface area contributed by atoms with E-state index in [9.17, 15) is 9.59 Å². The lowest BCUT2D eigenvalue weighted by Crippen LogP contribution is -2.05. The molecule has 0 saturated heterocycles. The third-order valence-electron chi connectivity index (χ3n) is 2.70. The first-order chi connectivity index (χ1) is 12.5. The van der Waals surface area contributed by atoms with Gasteiger partial charge in [-0.15, -0.1) is 11.6 Å². The first-order valence-corrected chi connectivity index (χ1v) is 8.34. The normalized spacial score (nSPS) is 9.00. The number of hydrogen-bond acceptors (Lipinski definition) is 7. The first-order valence-electron chi connectivity index (χ1n) is 7.81. The molecule has 0 aliphatic rings. The summed E-state index contributed by atoms with van der Waals surface area (Å²) in [5.41, 5.74) is 1.62. The molecule has 26 heavy (non-hydrogen) atoms. The number of nitrogens with zero attached hydrogens (tertiary/aromatic N) is 2. The molecule has 0 radical (unpaired) electrons. The van der Waals surface area contributed by atoms with Crippen LogP contribution >= 0.6 is 11.6 Å². The van der Waals surface area contributed by atoms with Crippen molar-refractivity contribution in [3.8, 4) is 0 Å². The van der Waals surface area contributed by atoms with Crippen LogP contribution in [-0.4, -0.2) is 41.2 Å². The van der Waals surface area contributed by atoms with Crippen LogP contribution in [0.1, 0.15) is 46.2 Å². The number of methoxy groups -OCH3 is 2. The summed E-state index contributed by atoms with van der Waals surface area (Å²) in [4.78, 5) is 29.7. The molecule has 2 heterocycles. The lowest BCUT2D eigenvalue weighted by atomic mass is 10.3. The lowest BCUT2D eigenvalue weighted by molar-refractivity contribution is 0.0585. The lowest BCUT2D eigenvalue weighted by Gasteiger charge is -1.99. The van der Waals surface area contributed by atoms with E-state index in [0.29, 0.717) is 17.3 Å². The molecule has 0 unspecified atom stereocenters. The van der Waals surface area contributed by atoms with Crippen molar-refractivity contribution >= 4 is 23.5 Å². The summed E-state index contributed by atoms with van der Waals surface area (Å²) in [6.07, 6.45) is 0. The number of carbonyl (C=O) groups excluding carboxylic acids is 2. The van der Waals surface area contributed by atoms with Crippen LogP contribution in [0.2, 0.25) is 0 Å². The minimum Gasteiger partial charge on any atom is -0.464 e. The molecule has 8 heteroatoms. The van der Waals surface area contributed by atoms with Gasteiger partial charge < -0.3 is 14.6 Å². The molecular formula is C18H23ClN2O5. The molecule has 0 aromatic carbocycles. The summed E-state index contributed by atoms with van der Waals surface area (Å²) in [5.74, 6) is -0.641. The molecule has 0 bridgehead atoms. The Morgan fingerprint density at radius 3 is 1.73 bits per heavy atom. The molecule has 1 N–H and O–H groups in total. The summed E-state index contributed by atoms with van der Waals surface area (Å²) in [5, 5.41) is 8.70. The second-order valence-electron chi connectivity index (χ2n) is 4.30. The van der Waals surface area contributed by atoms with Gasteiger partial charge in [0.1, 0.15) is 11.4 Å². The predicted molar refractivity (Wildman–Crippen MR) is 98.0 cm³/mol. The average molecular weight is 383 g/mol. The van der Waals surface area contributed by atoms with Gasteiger partial charge in [0.15, 0.2) is 0 Å². The number of alkyl halides is 1. The van der Waals surface area contributed by atoms with E-state index in [-0.39, 0.29) is 18.0 Å². The van der Waals surface area contributed by atoms with Gasteiger partial charge in [-0.05, 0) is 24.3 Å². The maximum absolute atomic E-state index is 11.0. The number of aliphatic hydroxyl groups is 1. The number of pyridine rings is 2. The number of aromatic nitrogens is 2. The maximum Gasteiger partial charge on any atom is 0.356 e. The summed E-state index contributed by atoms with van der Waals surface area (Å²) >= 11 is 5.53. The summed E-state index contributed by atoms with van der Waals surface area (Å²) in [6.45, 7) is 3.82. The standard InChI is InChI=1S/C8H8ClNO2.C8H9NO3.C2H6/c1-12-8(11)7-4-2-3-6(5-9)10-7;1-12-8(11)7-4-2-3-6(5-10)9-7;1-2/h2-4H,5H2,1H3;2-4,10H,5H2,1H3;1-2H3. The Balaban J connectivity index is 0.000000439. The molecule has 2 aromatic rings. The van der Waals surface area contributed by atoms with Crippen LogP contribution < -0.4 is 0 Å². The van der Waals surface area contributed by atoms with E-state index < -0.39 is 11.9 Å². The van der Waals surface area contributed by atoms with E-state index in [1.807, 2.05) is 13.8 Å². The molecule has 0 aliphatic heterocycles. The van der Waals surface area contributed by atoms with E-state index in [0.717, 1.165) is 0 Å². The van der Waals surface area contributed by atoms with Gasteiger partial charge in [0.2, 0.25) is 0 Å². The molecule has 2 aromatic heterocycles. The van der Waals surface area contributed by atoms with E-state index >= 15 is 0 Å². The Bertz CT molecular complexity index is 635. The van der Waals surface area contributed by atoms with Crippen LogP contribution in [-0.2, 0) is 22.0 Å². The van der Waals surface area contributed by atoms with Gasteiger partial charge in [-0.2, -0.15) is 0 Å². The quantitative estimate of drug-likeness (QED) is 0.641. The van der Waals surface area contributed by atoms with Crippen LogP contribution in [0.5, 0.6) is 0 Å². The van der Waals surface area contributed by atoms with E-state index in [4.69, 9.17) is 16.7 Å². The topological polar surface area (TPSA) is 98.6 Å². The van der Waals surface area contributed by atoms with Crippen LogP contribution in [0, 0.1) is 0 Å². The SMILES string of the molecule is CC.COC(=O)c1cccc(CCl)n1.COC(=O)c1cccc(CO)n1. The number of carbonyl (C=O) groups is 2. The highest BCUT2D eigenvalue weighted by Gasteiger charge is 2.07. The predicted octanol–water partition coefficient (Wildman–Crippen LogP) is 2.99. The van der Waals surface area contributed by atoms with Gasteiger partial charge in [-0.25, -0.2) is 19.6 Å². The van der Waals surface area contributed by atoms with Crippen molar-refractivity contribution in [3.05, 3.63) is 59.2 Å². The molecule has 142 valence electrons. The van der Waals surface area contributed by atoms with Crippen LogP contribution in [0.15, 0.2) is 36.4 Å². The Morgan fingerprint density at radius 2 is 1.35 bits per heavy atom. The smallest absolute Gasteiger partial charge is 0.356 e. The highest BCUT2D eigenvalue weighted by molar-refractivity contribution is 6.16. The van der Waals surface area contributed by atoms with Crippen molar-refractivity contribution in [1.82, 2.24) is 9.97 Å². The van der Waals surface area contributed by atoms with Gasteiger partial charge in [0, 0.05) is 0 Å². The van der Waals surface area contributed by atoms with Gasteiger partial charge in [0.25, 0.3) is 0 Å². The van der Waals surface area contributed by atoms with Crippen molar-refractivity contribution in [2.45, 2.75) is 26.3 Å². The highest BCUT2D eigenvalue weighted by Crippen LogP contribution is 2.03. The number of ether oxygens (including phenoxy) is 2. The highest BCUT2D eigenvalue weighted by atomic mass is 35.5. The van der Waals surface area contributed by atoms with Gasteiger partial charge in [-0.1, -0.05) is 26.0 Å². The Morgan fingerprint density at radius 1 is 0.923 bits per heavy atom. The summed E-state index contributed by atoms with van der Waals surface area (Å²) < 4.78 is 8.94. The van der Waals surface area contributed by atoms with Crippen LogP contribution in [0.25, 0.3) is 0 Å². The molecule has 0 fully saturated rings. The summed E-state index contributed by atoms with van der Waals surface area (Å²) in [6, 6.07) is 9.86. The van der Waals surface area contributed by atoms with Crippen molar-refractivity contribution in [2.75, 3.05) is 14.2 Å². The molecule has 7 nitrogen and oxygen atoms in total. The molecule has 2 rings (SSSR count). The van der Waals surface area contributed by atoms with Crippen molar-refractivity contribution in [2.24, 2.45) is 0 Å². The maximum atomic E-state index is 11.0. The molecule has 0 aliphatic carbocycles. The number of aliphatic hydroxyl groups excluding tert-OH is 1. The van der Waals surface area contributed by atoms with Crippen molar-refractivity contribution < 1.29 is 24.2 Å². The monoisotopic (exact) mass is 382 g/mol. The second-order valence-corrected chi connectivity index (χ2v) is 4.57. The number of rotatable bonds is 4. The molecule has 0 saturated carbocycles. The van der Waals surface area contributed by atoms with Crippen LogP contribution in [0.4, 0.5) is 0 Å². The fourth-order valence-corrected chi connectivity index (χ4v) is 1.71. The third-order valence-corrected chi connectivity index (χ3v) is 2.98. The zero-order valence-corrected chi connectivity index (χ0v) is 16.0. The van der Waals surface area contributed by atoms with E-state index in [2.05, 4.69) is 19.4 Å². The fourth-order valence-electron chi connectivity index (χ4n) is 1.56. The second kappa shape index (κ2) is 13.7. The molecule has 0 spiro atoms. The number of halogens is 1. The Kier molecular flexibility index (Phi) is 12.4. The molecular weight excluding hydrogens is 360 g/mol. The third kappa shape index (κ3) is 8.04. The van der Waals surface area contributed by atoms with E-state index in [1.54, 1.807) is 30.3 Å². The van der Waals surface area contributed by atoms with Gasteiger partial charge in [0.05, 0.1) is 38.1 Å². The number of esters is 2. The van der Waals surface area contributed by atoms with Gasteiger partial charge in [-0.3, -0.25) is 0 Å². The Labute approximate surface area is 158 Å². The largest absolute Gasteiger partial charge is 0.464 e. The number of hydrogen-bond donors (Lipinski definition) is 1. The van der Waals surface area contributed by atoms with Crippen molar-refractivity contribution in [1.29, 1.82) is 0 Å². The van der Waals surface area contributed by atoms with Crippen molar-refractivity contribution in [3.63, 3.8) is 0 Å². The van der Waals surface area contributed by atoms with E-state index in [1.165, 1.54) is 20.3 Å². The minimum absolute atomic E-state index is 0.176. The summed E-state index contributed by atoms with van der Waals surface area (Å²) in [7, 11) is 2.60. The minimum atomic E-state index is -0.495. The Hall–Kier alpha value is -2.51. The fraction of sp³-hybridized carbons (Fsp3) is 0.333. The van der Waals surface area contributed by atoms with Crippen LogP contribution in [0.3, 0.4) is 0 Å². The molecule has 0 atom stereocenters. The zero-order valence-electron chi connectivity index (χ0n) is 15.2. The average Bonchev–Trinajstić information content (AvgIpc) is 2.74. The first kappa shape index (κ1) is 23.5. The van der Waals surface area contributed by atoms with Gasteiger partial charge >= 0.3 is 11.9 Å². The zero-order chi connectivity index (χ0) is 19.9. The molecule has 0 amide bonds.